The first-order chi connectivity index (χ1) is 13.0. The second kappa shape index (κ2) is 9.02. The minimum Gasteiger partial charge on any atom is -0.341 e. The third-order valence-electron chi connectivity index (χ3n) is 5.50. The lowest BCUT2D eigenvalue weighted by molar-refractivity contribution is -0.136. The summed E-state index contributed by atoms with van der Waals surface area (Å²) in [5.41, 5.74) is 1.29. The number of rotatable bonds is 3. The first-order valence-electron chi connectivity index (χ1n) is 10.0. The average molecular weight is 371 g/mol. The SMILES string of the molecule is CC(=O)Nc1ccc(C(=O)N2CCCN(C(=O)C3CCCCC3)CC2)cc1. The summed E-state index contributed by atoms with van der Waals surface area (Å²) in [4.78, 5) is 40.5. The zero-order chi connectivity index (χ0) is 19.2. The van der Waals surface area contributed by atoms with Gasteiger partial charge in [-0.15, -0.1) is 0 Å². The molecule has 1 aliphatic heterocycles. The first-order valence-corrected chi connectivity index (χ1v) is 10.0. The minimum atomic E-state index is -0.135. The maximum Gasteiger partial charge on any atom is 0.253 e. The number of nitrogens with one attached hydrogen (secondary N) is 1. The van der Waals surface area contributed by atoms with E-state index in [9.17, 15) is 14.4 Å². The highest BCUT2D eigenvalue weighted by atomic mass is 16.2. The zero-order valence-electron chi connectivity index (χ0n) is 16.1. The molecule has 1 aliphatic carbocycles. The second-order valence-corrected chi connectivity index (χ2v) is 7.56. The monoisotopic (exact) mass is 371 g/mol. The number of carbonyl (C=O) groups is 3. The van der Waals surface area contributed by atoms with Crippen LogP contribution in [0.3, 0.4) is 0 Å². The summed E-state index contributed by atoms with van der Waals surface area (Å²) in [5.74, 6) is 0.312. The highest BCUT2D eigenvalue weighted by molar-refractivity contribution is 5.95. The molecule has 146 valence electrons. The van der Waals surface area contributed by atoms with Gasteiger partial charge in [0.1, 0.15) is 0 Å². The zero-order valence-corrected chi connectivity index (χ0v) is 16.1. The predicted molar refractivity (Wildman–Crippen MR) is 104 cm³/mol. The fraction of sp³-hybridized carbons (Fsp3) is 0.571. The fourth-order valence-corrected chi connectivity index (χ4v) is 4.03. The van der Waals surface area contributed by atoms with Crippen molar-refractivity contribution in [2.24, 2.45) is 5.92 Å². The molecule has 1 saturated carbocycles. The van der Waals surface area contributed by atoms with Gasteiger partial charge in [-0.05, 0) is 43.5 Å². The third-order valence-corrected chi connectivity index (χ3v) is 5.50. The molecule has 3 amide bonds. The average Bonchev–Trinajstić information content (AvgIpc) is 2.94. The van der Waals surface area contributed by atoms with E-state index in [0.29, 0.717) is 30.9 Å². The van der Waals surface area contributed by atoms with Crippen LogP contribution in [0.4, 0.5) is 5.69 Å². The molecule has 1 aromatic carbocycles. The molecule has 1 saturated heterocycles. The maximum atomic E-state index is 12.8. The third kappa shape index (κ3) is 5.08. The van der Waals surface area contributed by atoms with Crippen molar-refractivity contribution in [3.05, 3.63) is 29.8 Å². The van der Waals surface area contributed by atoms with Crippen molar-refractivity contribution in [3.63, 3.8) is 0 Å². The summed E-state index contributed by atoms with van der Waals surface area (Å²) in [5, 5.41) is 2.70. The summed E-state index contributed by atoms with van der Waals surface area (Å²) >= 11 is 0. The van der Waals surface area contributed by atoms with Crippen molar-refractivity contribution in [2.75, 3.05) is 31.5 Å². The fourth-order valence-electron chi connectivity index (χ4n) is 4.03. The van der Waals surface area contributed by atoms with Gasteiger partial charge >= 0.3 is 0 Å². The first kappa shape index (κ1) is 19.4. The molecule has 3 rings (SSSR count). The lowest BCUT2D eigenvalue weighted by Crippen LogP contribution is -2.40. The van der Waals surface area contributed by atoms with Crippen molar-refractivity contribution in [1.82, 2.24) is 9.80 Å². The molecule has 0 bridgehead atoms. The molecule has 1 heterocycles. The molecule has 6 nitrogen and oxygen atoms in total. The summed E-state index contributed by atoms with van der Waals surface area (Å²) in [6.07, 6.45) is 6.39. The van der Waals surface area contributed by atoms with Gasteiger partial charge in [0.25, 0.3) is 5.91 Å². The van der Waals surface area contributed by atoms with Crippen LogP contribution in [0, 0.1) is 5.92 Å². The molecule has 6 heteroatoms. The Labute approximate surface area is 160 Å². The molecule has 2 fully saturated rings. The van der Waals surface area contributed by atoms with Crippen molar-refractivity contribution in [3.8, 4) is 0 Å². The highest BCUT2D eigenvalue weighted by Gasteiger charge is 2.28. The van der Waals surface area contributed by atoms with E-state index in [0.717, 1.165) is 38.6 Å². The Kier molecular flexibility index (Phi) is 6.48. The molecule has 0 aromatic heterocycles. The van der Waals surface area contributed by atoms with Crippen LogP contribution in [-0.4, -0.2) is 53.7 Å². The number of hydrogen-bond acceptors (Lipinski definition) is 3. The van der Waals surface area contributed by atoms with Crippen molar-refractivity contribution < 1.29 is 14.4 Å². The molecule has 1 aromatic rings. The minimum absolute atomic E-state index is 0.0173. The Morgan fingerprint density at radius 1 is 0.852 bits per heavy atom. The molecular weight excluding hydrogens is 342 g/mol. The van der Waals surface area contributed by atoms with Gasteiger partial charge in [-0.3, -0.25) is 14.4 Å². The molecule has 0 radical (unpaired) electrons. The van der Waals surface area contributed by atoms with E-state index in [2.05, 4.69) is 5.32 Å². The Morgan fingerprint density at radius 3 is 2.15 bits per heavy atom. The maximum absolute atomic E-state index is 12.8. The van der Waals surface area contributed by atoms with Gasteiger partial charge in [-0.2, -0.15) is 0 Å². The van der Waals surface area contributed by atoms with E-state index in [1.165, 1.54) is 13.3 Å². The molecule has 27 heavy (non-hydrogen) atoms. The van der Waals surface area contributed by atoms with Crippen molar-refractivity contribution >= 4 is 23.4 Å². The number of anilines is 1. The number of nitrogens with zero attached hydrogens (tertiary/aromatic N) is 2. The van der Waals surface area contributed by atoms with E-state index >= 15 is 0 Å². The van der Waals surface area contributed by atoms with Gasteiger partial charge in [0.05, 0.1) is 0 Å². The van der Waals surface area contributed by atoms with E-state index in [4.69, 9.17) is 0 Å². The van der Waals surface area contributed by atoms with Crippen LogP contribution in [0.1, 0.15) is 55.8 Å². The summed E-state index contributed by atoms with van der Waals surface area (Å²) < 4.78 is 0. The largest absolute Gasteiger partial charge is 0.341 e. The van der Waals surface area contributed by atoms with Crippen LogP contribution in [0.25, 0.3) is 0 Å². The summed E-state index contributed by atoms with van der Waals surface area (Å²) in [6, 6.07) is 6.96. The van der Waals surface area contributed by atoms with E-state index in [-0.39, 0.29) is 23.6 Å². The molecule has 2 aliphatic rings. The quantitative estimate of drug-likeness (QED) is 0.888. The van der Waals surface area contributed by atoms with Crippen LogP contribution in [0.2, 0.25) is 0 Å². The second-order valence-electron chi connectivity index (χ2n) is 7.56. The van der Waals surface area contributed by atoms with Gasteiger partial charge in [0.2, 0.25) is 11.8 Å². The molecule has 0 atom stereocenters. The predicted octanol–water partition coefficient (Wildman–Crippen LogP) is 2.90. The number of amides is 3. The normalized spacial score (nSPS) is 18.7. The lowest BCUT2D eigenvalue weighted by Gasteiger charge is -2.28. The molecule has 0 unspecified atom stereocenters. The van der Waals surface area contributed by atoms with Gasteiger partial charge in [-0.1, -0.05) is 19.3 Å². The Hall–Kier alpha value is -2.37. The van der Waals surface area contributed by atoms with E-state index in [1.807, 2.05) is 9.80 Å². The van der Waals surface area contributed by atoms with Crippen LogP contribution in [0.5, 0.6) is 0 Å². The van der Waals surface area contributed by atoms with E-state index in [1.54, 1.807) is 24.3 Å². The number of benzene rings is 1. The Morgan fingerprint density at radius 2 is 1.48 bits per heavy atom. The molecular formula is C21H29N3O3. The smallest absolute Gasteiger partial charge is 0.253 e. The van der Waals surface area contributed by atoms with Crippen molar-refractivity contribution in [2.45, 2.75) is 45.4 Å². The Balaban J connectivity index is 1.57. The standard InChI is InChI=1S/C21H29N3O3/c1-16(25)22-19-10-8-18(9-11-19)21(27)24-13-5-12-23(14-15-24)20(26)17-6-3-2-4-7-17/h8-11,17H,2-7,12-15H2,1H3,(H,22,25). The Bertz CT molecular complexity index is 680. The van der Waals surface area contributed by atoms with E-state index < -0.39 is 0 Å². The molecule has 0 spiro atoms. The highest BCUT2D eigenvalue weighted by Crippen LogP contribution is 2.26. The summed E-state index contributed by atoms with van der Waals surface area (Å²) in [7, 11) is 0. The number of carbonyl (C=O) groups excluding carboxylic acids is 3. The van der Waals surface area contributed by atoms with Crippen LogP contribution in [-0.2, 0) is 9.59 Å². The topological polar surface area (TPSA) is 69.7 Å². The van der Waals surface area contributed by atoms with Crippen LogP contribution >= 0.6 is 0 Å². The van der Waals surface area contributed by atoms with Crippen molar-refractivity contribution in [1.29, 1.82) is 0 Å². The van der Waals surface area contributed by atoms with Gasteiger partial charge in [0, 0.05) is 50.3 Å². The van der Waals surface area contributed by atoms with Gasteiger partial charge < -0.3 is 15.1 Å². The lowest BCUT2D eigenvalue weighted by atomic mass is 9.88. The van der Waals surface area contributed by atoms with Crippen LogP contribution in [0.15, 0.2) is 24.3 Å². The van der Waals surface area contributed by atoms with Crippen LogP contribution < -0.4 is 5.32 Å². The van der Waals surface area contributed by atoms with Gasteiger partial charge in [-0.25, -0.2) is 0 Å². The number of hydrogen-bond donors (Lipinski definition) is 1. The summed E-state index contributed by atoms with van der Waals surface area (Å²) in [6.45, 7) is 4.05. The molecule has 1 N–H and O–H groups in total. The van der Waals surface area contributed by atoms with Gasteiger partial charge in [0.15, 0.2) is 0 Å².